The molecule has 0 amide bonds. The fraction of sp³-hybridized carbons (Fsp3) is 0.278. The first kappa shape index (κ1) is 15.2. The smallest absolute Gasteiger partial charge is 0.200 e. The van der Waals surface area contributed by atoms with Crippen LogP contribution < -0.4 is 4.74 Å². The summed E-state index contributed by atoms with van der Waals surface area (Å²) in [5.74, 6) is 0.452. The maximum atomic E-state index is 13.1. The van der Waals surface area contributed by atoms with Gasteiger partial charge in [0.15, 0.2) is 12.4 Å². The largest absolute Gasteiger partial charge is 0.485 e. The van der Waals surface area contributed by atoms with E-state index >= 15 is 0 Å². The van der Waals surface area contributed by atoms with E-state index in [1.165, 1.54) is 23.8 Å². The van der Waals surface area contributed by atoms with Crippen molar-refractivity contribution in [3.8, 4) is 5.75 Å². The van der Waals surface area contributed by atoms with Gasteiger partial charge in [-0.1, -0.05) is 32.0 Å². The first-order chi connectivity index (χ1) is 9.97. The molecule has 0 atom stereocenters. The summed E-state index contributed by atoms with van der Waals surface area (Å²) >= 11 is 0. The van der Waals surface area contributed by atoms with Gasteiger partial charge in [-0.3, -0.25) is 4.79 Å². The molecule has 0 N–H and O–H groups in total. The quantitative estimate of drug-likeness (QED) is 0.755. The van der Waals surface area contributed by atoms with Crippen LogP contribution >= 0.6 is 0 Å². The van der Waals surface area contributed by atoms with Crippen molar-refractivity contribution in [3.63, 3.8) is 0 Å². The van der Waals surface area contributed by atoms with Crippen molar-refractivity contribution >= 4 is 5.78 Å². The van der Waals surface area contributed by atoms with E-state index in [0.717, 1.165) is 5.56 Å². The molecule has 0 fully saturated rings. The molecular weight excluding hydrogens is 267 g/mol. The molecular formula is C18H19FO2. The maximum Gasteiger partial charge on any atom is 0.200 e. The normalized spacial score (nSPS) is 10.7. The van der Waals surface area contributed by atoms with Crippen LogP contribution in [0.4, 0.5) is 4.39 Å². The van der Waals surface area contributed by atoms with Gasteiger partial charge in [0.2, 0.25) is 0 Å². The molecule has 2 nitrogen and oxygen atoms in total. The number of hydrogen-bond donors (Lipinski definition) is 0. The van der Waals surface area contributed by atoms with E-state index in [-0.39, 0.29) is 12.4 Å². The second-order valence-electron chi connectivity index (χ2n) is 5.40. The molecule has 3 heteroatoms. The summed E-state index contributed by atoms with van der Waals surface area (Å²) in [4.78, 5) is 11.9. The number of carbonyl (C=O) groups is 1. The molecule has 0 aliphatic heterocycles. The third-order valence-electron chi connectivity index (χ3n) is 3.38. The SMILES string of the molecule is Cc1cc(OCC(=O)c2cccc(F)c2)ccc1C(C)C. The molecule has 21 heavy (non-hydrogen) atoms. The van der Waals surface area contributed by atoms with E-state index in [1.54, 1.807) is 6.07 Å². The lowest BCUT2D eigenvalue weighted by atomic mass is 9.98. The zero-order chi connectivity index (χ0) is 15.4. The number of ketones is 1. The molecule has 0 aliphatic rings. The summed E-state index contributed by atoms with van der Waals surface area (Å²) in [6, 6.07) is 11.4. The average Bonchev–Trinajstić information content (AvgIpc) is 2.44. The molecule has 0 radical (unpaired) electrons. The van der Waals surface area contributed by atoms with Gasteiger partial charge >= 0.3 is 0 Å². The van der Waals surface area contributed by atoms with Crippen LogP contribution in [0.15, 0.2) is 42.5 Å². The summed E-state index contributed by atoms with van der Waals surface area (Å²) in [5.41, 5.74) is 2.73. The molecule has 2 aromatic rings. The van der Waals surface area contributed by atoms with Crippen molar-refractivity contribution in [1.29, 1.82) is 0 Å². The zero-order valence-electron chi connectivity index (χ0n) is 12.5. The molecule has 0 aromatic heterocycles. The van der Waals surface area contributed by atoms with Crippen molar-refractivity contribution in [2.75, 3.05) is 6.61 Å². The third-order valence-corrected chi connectivity index (χ3v) is 3.38. The Hall–Kier alpha value is -2.16. The lowest BCUT2D eigenvalue weighted by molar-refractivity contribution is 0.0921. The highest BCUT2D eigenvalue weighted by atomic mass is 19.1. The Balaban J connectivity index is 2.03. The Morgan fingerprint density at radius 3 is 2.57 bits per heavy atom. The van der Waals surface area contributed by atoms with Crippen LogP contribution in [0, 0.1) is 12.7 Å². The van der Waals surface area contributed by atoms with Crippen LogP contribution in [0.3, 0.4) is 0 Å². The highest BCUT2D eigenvalue weighted by molar-refractivity contribution is 5.97. The third kappa shape index (κ3) is 3.91. The van der Waals surface area contributed by atoms with Crippen molar-refractivity contribution in [2.24, 2.45) is 0 Å². The topological polar surface area (TPSA) is 26.3 Å². The molecule has 0 spiro atoms. The molecule has 0 aliphatic carbocycles. The molecule has 0 heterocycles. The summed E-state index contributed by atoms with van der Waals surface area (Å²) in [6.07, 6.45) is 0. The summed E-state index contributed by atoms with van der Waals surface area (Å²) in [5, 5.41) is 0. The number of rotatable bonds is 5. The van der Waals surface area contributed by atoms with Crippen molar-refractivity contribution in [1.82, 2.24) is 0 Å². The van der Waals surface area contributed by atoms with E-state index < -0.39 is 5.82 Å². The van der Waals surface area contributed by atoms with Crippen LogP contribution in [0.25, 0.3) is 0 Å². The van der Waals surface area contributed by atoms with Gasteiger partial charge < -0.3 is 4.74 Å². The number of benzene rings is 2. The van der Waals surface area contributed by atoms with Gasteiger partial charge in [-0.25, -0.2) is 4.39 Å². The minimum Gasteiger partial charge on any atom is -0.485 e. The number of Topliss-reactive ketones (excluding diaryl/α,β-unsaturated/α-hetero) is 1. The second-order valence-corrected chi connectivity index (χ2v) is 5.40. The summed E-state index contributed by atoms with van der Waals surface area (Å²) in [7, 11) is 0. The molecule has 2 rings (SSSR count). The molecule has 2 aromatic carbocycles. The fourth-order valence-corrected chi connectivity index (χ4v) is 2.28. The summed E-state index contributed by atoms with van der Waals surface area (Å²) in [6.45, 7) is 6.20. The van der Waals surface area contributed by atoms with Crippen molar-refractivity contribution < 1.29 is 13.9 Å². The van der Waals surface area contributed by atoms with Gasteiger partial charge in [0, 0.05) is 5.56 Å². The standard InChI is InChI=1S/C18H19FO2/c1-12(2)17-8-7-16(9-13(17)3)21-11-18(20)14-5-4-6-15(19)10-14/h4-10,12H,11H2,1-3H3. The summed E-state index contributed by atoms with van der Waals surface area (Å²) < 4.78 is 18.6. The first-order valence-corrected chi connectivity index (χ1v) is 6.99. The minimum atomic E-state index is -0.419. The fourth-order valence-electron chi connectivity index (χ4n) is 2.28. The van der Waals surface area contributed by atoms with Crippen LogP contribution in [-0.2, 0) is 0 Å². The van der Waals surface area contributed by atoms with Crippen LogP contribution in [-0.4, -0.2) is 12.4 Å². The lowest BCUT2D eigenvalue weighted by Gasteiger charge is -2.12. The predicted molar refractivity (Wildman–Crippen MR) is 81.5 cm³/mol. The second kappa shape index (κ2) is 6.53. The zero-order valence-corrected chi connectivity index (χ0v) is 12.5. The average molecular weight is 286 g/mol. The van der Waals surface area contributed by atoms with Crippen molar-refractivity contribution in [2.45, 2.75) is 26.7 Å². The Kier molecular flexibility index (Phi) is 4.73. The van der Waals surface area contributed by atoms with E-state index in [1.807, 2.05) is 25.1 Å². The Morgan fingerprint density at radius 2 is 1.95 bits per heavy atom. The Bertz CT molecular complexity index is 647. The van der Waals surface area contributed by atoms with Gasteiger partial charge in [0.05, 0.1) is 0 Å². The number of hydrogen-bond acceptors (Lipinski definition) is 2. The lowest BCUT2D eigenvalue weighted by Crippen LogP contribution is -2.12. The number of aryl methyl sites for hydroxylation is 1. The van der Waals surface area contributed by atoms with Gasteiger partial charge in [0.1, 0.15) is 11.6 Å². The number of ether oxygens (including phenoxy) is 1. The van der Waals surface area contributed by atoms with E-state index in [0.29, 0.717) is 17.2 Å². The Morgan fingerprint density at radius 1 is 1.19 bits per heavy atom. The molecule has 0 bridgehead atoms. The van der Waals surface area contributed by atoms with E-state index in [9.17, 15) is 9.18 Å². The monoisotopic (exact) mass is 286 g/mol. The first-order valence-electron chi connectivity index (χ1n) is 6.99. The van der Waals surface area contributed by atoms with Gasteiger partial charge in [0.25, 0.3) is 0 Å². The van der Waals surface area contributed by atoms with Crippen LogP contribution in [0.2, 0.25) is 0 Å². The highest BCUT2D eigenvalue weighted by Gasteiger charge is 2.09. The molecule has 110 valence electrons. The van der Waals surface area contributed by atoms with Crippen LogP contribution in [0.5, 0.6) is 5.75 Å². The van der Waals surface area contributed by atoms with Gasteiger partial charge in [-0.15, -0.1) is 0 Å². The molecule has 0 saturated carbocycles. The van der Waals surface area contributed by atoms with Crippen molar-refractivity contribution in [3.05, 3.63) is 65.0 Å². The maximum absolute atomic E-state index is 13.1. The molecule has 0 saturated heterocycles. The van der Waals surface area contributed by atoms with Gasteiger partial charge in [-0.2, -0.15) is 0 Å². The predicted octanol–water partition coefficient (Wildman–Crippen LogP) is 4.52. The number of halogens is 1. The Labute approximate surface area is 124 Å². The van der Waals surface area contributed by atoms with Gasteiger partial charge in [-0.05, 0) is 48.2 Å². The number of carbonyl (C=O) groups excluding carboxylic acids is 1. The highest BCUT2D eigenvalue weighted by Crippen LogP contribution is 2.23. The van der Waals surface area contributed by atoms with Crippen LogP contribution in [0.1, 0.15) is 41.3 Å². The minimum absolute atomic E-state index is 0.0933. The van der Waals surface area contributed by atoms with E-state index in [4.69, 9.17) is 4.74 Å². The molecule has 0 unspecified atom stereocenters. The van der Waals surface area contributed by atoms with E-state index in [2.05, 4.69) is 13.8 Å².